The summed E-state index contributed by atoms with van der Waals surface area (Å²) in [6, 6.07) is 5.91. The predicted molar refractivity (Wildman–Crippen MR) is 59.1 cm³/mol. The van der Waals surface area contributed by atoms with Crippen molar-refractivity contribution in [2.45, 2.75) is 0 Å². The predicted octanol–water partition coefficient (Wildman–Crippen LogP) is 0.884. The van der Waals surface area contributed by atoms with E-state index in [4.69, 9.17) is 5.11 Å². The molecule has 8 heteroatoms. The molecule has 0 spiro atoms. The van der Waals surface area contributed by atoms with Gasteiger partial charge in [0.15, 0.2) is 0 Å². The van der Waals surface area contributed by atoms with Crippen molar-refractivity contribution >= 4 is 28.5 Å². The first-order valence-corrected chi connectivity index (χ1v) is 5.24. The largest absolute Gasteiger partial charge is 0.478 e. The number of carbonyl (C=O) groups is 2. The van der Waals surface area contributed by atoms with Crippen molar-refractivity contribution in [1.82, 2.24) is 14.8 Å². The minimum Gasteiger partial charge on any atom is -0.478 e. The molecule has 2 N–H and O–H groups in total. The summed E-state index contributed by atoms with van der Waals surface area (Å²) in [5, 5.41) is 18.4. The Bertz CT molecular complexity index is 555. The molecule has 0 unspecified atom stereocenters. The van der Waals surface area contributed by atoms with E-state index in [1.807, 2.05) is 0 Å². The first-order valence-electron chi connectivity index (χ1n) is 4.47. The normalized spacial score (nSPS) is 9.88. The van der Waals surface area contributed by atoms with Crippen molar-refractivity contribution in [3.63, 3.8) is 0 Å². The molecule has 0 saturated carbocycles. The van der Waals surface area contributed by atoms with E-state index < -0.39 is 11.9 Å². The molecule has 2 aromatic rings. The number of aromatic carboxylic acids is 1. The number of aromatic nitrogens is 3. The molecular weight excluding hydrogens is 244 g/mol. The highest BCUT2D eigenvalue weighted by atomic mass is 32.1. The topological polar surface area (TPSA) is 105 Å². The molecule has 2 rings (SSSR count). The fourth-order valence-corrected chi connectivity index (χ4v) is 1.58. The molecule has 0 saturated heterocycles. The van der Waals surface area contributed by atoms with E-state index >= 15 is 0 Å². The van der Waals surface area contributed by atoms with Crippen molar-refractivity contribution in [2.24, 2.45) is 0 Å². The van der Waals surface area contributed by atoms with E-state index in [-0.39, 0.29) is 16.3 Å². The lowest BCUT2D eigenvalue weighted by molar-refractivity contribution is 0.0692. The van der Waals surface area contributed by atoms with Crippen molar-refractivity contribution < 1.29 is 14.7 Å². The van der Waals surface area contributed by atoms with Crippen LogP contribution in [0.3, 0.4) is 0 Å². The second kappa shape index (κ2) is 4.66. The number of hydrogen-bond donors (Lipinski definition) is 2. The quantitative estimate of drug-likeness (QED) is 0.837. The molecule has 1 aromatic carbocycles. The maximum atomic E-state index is 11.8. The van der Waals surface area contributed by atoms with Crippen LogP contribution in [-0.4, -0.2) is 31.8 Å². The number of rotatable bonds is 3. The molecule has 0 fully saturated rings. The van der Waals surface area contributed by atoms with Crippen LogP contribution >= 0.6 is 11.5 Å². The summed E-state index contributed by atoms with van der Waals surface area (Å²) in [6.45, 7) is 0. The lowest BCUT2D eigenvalue weighted by Gasteiger charge is -2.04. The van der Waals surface area contributed by atoms with E-state index in [9.17, 15) is 9.59 Å². The van der Waals surface area contributed by atoms with E-state index in [1.54, 1.807) is 12.1 Å². The van der Waals surface area contributed by atoms with Gasteiger partial charge in [-0.1, -0.05) is 21.7 Å². The zero-order chi connectivity index (χ0) is 12.3. The second-order valence-electron chi connectivity index (χ2n) is 2.97. The van der Waals surface area contributed by atoms with Crippen LogP contribution in [0, 0.1) is 0 Å². The molecule has 17 heavy (non-hydrogen) atoms. The van der Waals surface area contributed by atoms with Crippen LogP contribution in [0.25, 0.3) is 0 Å². The van der Waals surface area contributed by atoms with Gasteiger partial charge in [0.25, 0.3) is 5.91 Å². The van der Waals surface area contributed by atoms with Crippen LogP contribution in [0.15, 0.2) is 24.3 Å². The van der Waals surface area contributed by atoms with Gasteiger partial charge in [-0.15, -0.1) is 0 Å². The van der Waals surface area contributed by atoms with Crippen LogP contribution in [0.2, 0.25) is 0 Å². The van der Waals surface area contributed by atoms with Gasteiger partial charge in [0.05, 0.1) is 11.1 Å². The third-order valence-electron chi connectivity index (χ3n) is 1.92. The van der Waals surface area contributed by atoms with E-state index in [0.717, 1.165) is 11.5 Å². The Hall–Kier alpha value is -2.35. The number of hydrogen-bond acceptors (Lipinski definition) is 6. The molecule has 1 aromatic heterocycles. The highest BCUT2D eigenvalue weighted by Gasteiger charge is 2.16. The van der Waals surface area contributed by atoms with Crippen molar-refractivity contribution in [2.75, 3.05) is 5.32 Å². The molecule has 86 valence electrons. The summed E-state index contributed by atoms with van der Waals surface area (Å²) < 4.78 is 3.48. The molecule has 0 radical (unpaired) electrons. The van der Waals surface area contributed by atoms with Crippen molar-refractivity contribution in [1.29, 1.82) is 0 Å². The molecule has 0 atom stereocenters. The number of carboxylic acids is 1. The minimum absolute atomic E-state index is 0.0650. The Morgan fingerprint density at radius 3 is 2.53 bits per heavy atom. The maximum absolute atomic E-state index is 11.8. The number of benzene rings is 1. The number of carbonyl (C=O) groups excluding carboxylic acids is 1. The van der Waals surface area contributed by atoms with Crippen LogP contribution in [0.1, 0.15) is 20.7 Å². The van der Waals surface area contributed by atoms with Gasteiger partial charge in [-0.2, -0.15) is 0 Å². The summed E-state index contributed by atoms with van der Waals surface area (Å²) in [7, 11) is 0. The van der Waals surface area contributed by atoms with Crippen molar-refractivity contribution in [3.05, 3.63) is 35.4 Å². The Morgan fingerprint density at radius 2 is 1.94 bits per heavy atom. The number of nitrogens with zero attached hydrogens (tertiary/aromatic N) is 3. The SMILES string of the molecule is O=C(O)c1ccccc1C(=O)Nc1nnns1. The van der Waals surface area contributed by atoms with Gasteiger partial charge in [-0.25, -0.2) is 4.79 Å². The Labute approximate surface area is 99.3 Å². The molecule has 1 heterocycles. The van der Waals surface area contributed by atoms with E-state index in [0.29, 0.717) is 0 Å². The van der Waals surface area contributed by atoms with Gasteiger partial charge in [0.2, 0.25) is 5.13 Å². The second-order valence-corrected chi connectivity index (χ2v) is 3.70. The Kier molecular flexibility index (Phi) is 3.06. The molecule has 1 amide bonds. The van der Waals surface area contributed by atoms with Gasteiger partial charge < -0.3 is 5.11 Å². The number of anilines is 1. The molecule has 0 bridgehead atoms. The first-order chi connectivity index (χ1) is 8.18. The van der Waals surface area contributed by atoms with Crippen molar-refractivity contribution in [3.8, 4) is 0 Å². The van der Waals surface area contributed by atoms with Gasteiger partial charge in [-0.3, -0.25) is 10.1 Å². The maximum Gasteiger partial charge on any atom is 0.336 e. The zero-order valence-corrected chi connectivity index (χ0v) is 9.14. The standard InChI is InChI=1S/C9H6N4O3S/c14-7(10-9-11-12-13-17-9)5-3-1-2-4-6(5)8(15)16/h1-4H,(H,15,16)(H,10,11,13,14). The first kappa shape index (κ1) is 11.1. The smallest absolute Gasteiger partial charge is 0.336 e. The van der Waals surface area contributed by atoms with Crippen LogP contribution in [0.5, 0.6) is 0 Å². The third-order valence-corrected chi connectivity index (χ3v) is 2.43. The van der Waals surface area contributed by atoms with Crippen LogP contribution < -0.4 is 5.32 Å². The summed E-state index contributed by atoms with van der Waals surface area (Å²) in [4.78, 5) is 22.7. The molecular formula is C9H6N4O3S. The number of nitrogens with one attached hydrogen (secondary N) is 1. The lowest BCUT2D eigenvalue weighted by atomic mass is 10.1. The van der Waals surface area contributed by atoms with Gasteiger partial charge in [0.1, 0.15) is 0 Å². The summed E-state index contributed by atoms with van der Waals surface area (Å²) in [6.07, 6.45) is 0. The average molecular weight is 250 g/mol. The molecule has 0 aliphatic heterocycles. The monoisotopic (exact) mass is 250 g/mol. The molecule has 7 nitrogen and oxygen atoms in total. The fraction of sp³-hybridized carbons (Fsp3) is 0. The number of amides is 1. The fourth-order valence-electron chi connectivity index (χ4n) is 1.21. The minimum atomic E-state index is -1.16. The molecule has 0 aliphatic carbocycles. The van der Waals surface area contributed by atoms with Gasteiger partial charge in [0, 0.05) is 11.5 Å². The van der Waals surface area contributed by atoms with Crippen LogP contribution in [0.4, 0.5) is 5.13 Å². The van der Waals surface area contributed by atoms with E-state index in [2.05, 4.69) is 20.1 Å². The highest BCUT2D eigenvalue weighted by Crippen LogP contribution is 2.12. The lowest BCUT2D eigenvalue weighted by Crippen LogP contribution is -2.16. The highest BCUT2D eigenvalue weighted by molar-refractivity contribution is 7.09. The Balaban J connectivity index is 2.28. The van der Waals surface area contributed by atoms with Crippen LogP contribution in [-0.2, 0) is 0 Å². The van der Waals surface area contributed by atoms with Gasteiger partial charge in [-0.05, 0) is 17.3 Å². The Morgan fingerprint density at radius 1 is 1.24 bits per heavy atom. The summed E-state index contributed by atoms with van der Waals surface area (Å²) >= 11 is 0.909. The van der Waals surface area contributed by atoms with Gasteiger partial charge >= 0.3 is 5.97 Å². The average Bonchev–Trinajstić information content (AvgIpc) is 2.81. The summed E-state index contributed by atoms with van der Waals surface area (Å²) in [5.41, 5.74) is -0.00215. The van der Waals surface area contributed by atoms with E-state index in [1.165, 1.54) is 12.1 Å². The molecule has 0 aliphatic rings. The number of carboxylic acid groups (broad SMARTS) is 1. The summed E-state index contributed by atoms with van der Waals surface area (Å²) in [5.74, 6) is -1.72. The third kappa shape index (κ3) is 2.42. The zero-order valence-electron chi connectivity index (χ0n) is 8.32.